The third kappa shape index (κ3) is 6.40. The van der Waals surface area contributed by atoms with Crippen LogP contribution in [0.25, 0.3) is 0 Å². The molecule has 0 heterocycles. The van der Waals surface area contributed by atoms with E-state index in [0.29, 0.717) is 0 Å². The van der Waals surface area contributed by atoms with Crippen LogP contribution in [0.5, 0.6) is 5.75 Å². The van der Waals surface area contributed by atoms with Crippen molar-refractivity contribution in [3.63, 3.8) is 0 Å². The van der Waals surface area contributed by atoms with Crippen molar-refractivity contribution in [2.45, 2.75) is 13.3 Å². The van der Waals surface area contributed by atoms with E-state index in [1.54, 1.807) is 12.1 Å². The molecule has 1 rings (SSSR count). The summed E-state index contributed by atoms with van der Waals surface area (Å²) in [6.45, 7) is 1.47. The number of para-hydroxylation sites is 1. The molecule has 8 heteroatoms. The number of likely N-dealkylation sites (N-methyl/N-ethyl adjacent to an activating group) is 1. The highest BCUT2D eigenvalue weighted by Gasteiger charge is 2.17. The Morgan fingerprint density at radius 1 is 1.27 bits per heavy atom. The van der Waals surface area contributed by atoms with Gasteiger partial charge in [0.05, 0.1) is 12.4 Å². The Labute approximate surface area is 129 Å². The van der Waals surface area contributed by atoms with Crippen LogP contribution in [0.2, 0.25) is 0 Å². The molecule has 0 N–H and O–H groups in total. The quantitative estimate of drug-likeness (QED) is 0.505. The molecular formula is C14H20FNO5S. The number of carbonyl (C=O) groups excluding carboxylic acids is 1. The number of esters is 1. The number of rotatable bonds is 9. The Bertz CT molecular complexity index is 591. The lowest BCUT2D eigenvalue weighted by Gasteiger charge is -2.17. The van der Waals surface area contributed by atoms with Gasteiger partial charge in [-0.05, 0) is 18.6 Å². The van der Waals surface area contributed by atoms with Crippen molar-refractivity contribution in [2.75, 3.05) is 32.6 Å². The zero-order valence-corrected chi connectivity index (χ0v) is 13.4. The molecule has 22 heavy (non-hydrogen) atoms. The molecule has 0 spiro atoms. The number of sulfonamides is 1. The lowest BCUT2D eigenvalue weighted by atomic mass is 10.3. The zero-order valence-electron chi connectivity index (χ0n) is 12.6. The van der Waals surface area contributed by atoms with Gasteiger partial charge < -0.3 is 9.47 Å². The maximum Gasteiger partial charge on any atom is 0.302 e. The minimum absolute atomic E-state index is 0.0423. The van der Waals surface area contributed by atoms with Crippen molar-refractivity contribution >= 4 is 16.0 Å². The zero-order chi connectivity index (χ0) is 16.6. The smallest absolute Gasteiger partial charge is 0.302 e. The monoisotopic (exact) mass is 333 g/mol. The number of carbonyl (C=O) groups is 1. The first kappa shape index (κ1) is 18.4. The van der Waals surface area contributed by atoms with Gasteiger partial charge in [-0.15, -0.1) is 0 Å². The van der Waals surface area contributed by atoms with Gasteiger partial charge in [-0.1, -0.05) is 12.1 Å². The fourth-order valence-corrected chi connectivity index (χ4v) is 2.75. The van der Waals surface area contributed by atoms with E-state index in [1.807, 2.05) is 0 Å². The summed E-state index contributed by atoms with van der Waals surface area (Å²) in [6, 6.07) is 5.92. The highest BCUT2D eigenvalue weighted by atomic mass is 32.2. The number of ether oxygens (including phenoxy) is 2. The van der Waals surface area contributed by atoms with Crippen LogP contribution in [0, 0.1) is 5.82 Å². The van der Waals surface area contributed by atoms with Crippen molar-refractivity contribution in [1.82, 2.24) is 4.31 Å². The molecule has 0 aliphatic rings. The van der Waals surface area contributed by atoms with Crippen LogP contribution >= 0.6 is 0 Å². The lowest BCUT2D eigenvalue weighted by molar-refractivity contribution is -0.140. The average Bonchev–Trinajstić information content (AvgIpc) is 2.45. The topological polar surface area (TPSA) is 72.9 Å². The molecule has 1 aromatic rings. The second-order valence-corrected chi connectivity index (χ2v) is 6.81. The predicted octanol–water partition coefficient (Wildman–Crippen LogP) is 1.42. The van der Waals surface area contributed by atoms with Gasteiger partial charge in [0.2, 0.25) is 10.0 Å². The van der Waals surface area contributed by atoms with Crippen LogP contribution in [0.4, 0.5) is 4.39 Å². The van der Waals surface area contributed by atoms with Crippen molar-refractivity contribution < 1.29 is 27.1 Å². The van der Waals surface area contributed by atoms with E-state index < -0.39 is 21.8 Å². The molecule has 0 bridgehead atoms. The van der Waals surface area contributed by atoms with Gasteiger partial charge in [0.1, 0.15) is 6.61 Å². The third-order valence-corrected chi connectivity index (χ3v) is 4.76. The molecule has 0 fully saturated rings. The Morgan fingerprint density at radius 3 is 2.59 bits per heavy atom. The van der Waals surface area contributed by atoms with Gasteiger partial charge >= 0.3 is 5.97 Å². The third-order valence-electron chi connectivity index (χ3n) is 2.83. The second-order valence-electron chi connectivity index (χ2n) is 4.61. The number of benzene rings is 1. The molecule has 0 amide bonds. The molecule has 0 saturated heterocycles. The molecule has 0 atom stereocenters. The maximum atomic E-state index is 13.3. The van der Waals surface area contributed by atoms with Crippen LogP contribution in [0.15, 0.2) is 24.3 Å². The number of halogens is 1. The van der Waals surface area contributed by atoms with Crippen molar-refractivity contribution in [3.8, 4) is 5.75 Å². The molecule has 0 saturated carbocycles. The van der Waals surface area contributed by atoms with Crippen LogP contribution < -0.4 is 4.74 Å². The normalized spacial score (nSPS) is 11.5. The Hall–Kier alpha value is -1.67. The fraction of sp³-hybridized carbons (Fsp3) is 0.500. The van der Waals surface area contributed by atoms with Crippen LogP contribution in [-0.2, 0) is 19.6 Å². The summed E-state index contributed by atoms with van der Waals surface area (Å²) >= 11 is 0. The standard InChI is InChI=1S/C14H20FNO5S/c1-12(17)20-9-5-11-22(18,19)16(2)8-10-21-14-7-4-3-6-13(14)15/h3-4,6-7H,5,8-11H2,1-2H3. The van der Waals surface area contributed by atoms with E-state index in [2.05, 4.69) is 4.74 Å². The van der Waals surface area contributed by atoms with E-state index in [1.165, 1.54) is 26.1 Å². The largest absolute Gasteiger partial charge is 0.489 e. The van der Waals surface area contributed by atoms with Gasteiger partial charge in [-0.25, -0.2) is 17.1 Å². The minimum Gasteiger partial charge on any atom is -0.489 e. The number of hydrogen-bond acceptors (Lipinski definition) is 5. The summed E-state index contributed by atoms with van der Waals surface area (Å²) < 4.78 is 48.2. The maximum absolute atomic E-state index is 13.3. The first-order chi connectivity index (χ1) is 10.3. The van der Waals surface area contributed by atoms with Crippen LogP contribution in [0.3, 0.4) is 0 Å². The van der Waals surface area contributed by atoms with E-state index in [-0.39, 0.29) is 37.7 Å². The van der Waals surface area contributed by atoms with Crippen LogP contribution in [0.1, 0.15) is 13.3 Å². The van der Waals surface area contributed by atoms with Crippen LogP contribution in [-0.4, -0.2) is 51.3 Å². The predicted molar refractivity (Wildman–Crippen MR) is 79.6 cm³/mol. The van der Waals surface area contributed by atoms with E-state index in [0.717, 1.165) is 4.31 Å². The molecule has 0 radical (unpaired) electrons. The molecular weight excluding hydrogens is 313 g/mol. The second kappa shape index (κ2) is 8.70. The SMILES string of the molecule is CC(=O)OCCCS(=O)(=O)N(C)CCOc1ccccc1F. The minimum atomic E-state index is -3.45. The highest BCUT2D eigenvalue weighted by molar-refractivity contribution is 7.89. The molecule has 0 unspecified atom stereocenters. The van der Waals surface area contributed by atoms with E-state index in [4.69, 9.17) is 4.74 Å². The molecule has 0 aromatic heterocycles. The molecule has 124 valence electrons. The summed E-state index contributed by atoms with van der Waals surface area (Å²) in [5.41, 5.74) is 0. The van der Waals surface area contributed by atoms with Gasteiger partial charge in [0.15, 0.2) is 11.6 Å². The van der Waals surface area contributed by atoms with Crippen molar-refractivity contribution in [2.24, 2.45) is 0 Å². The Morgan fingerprint density at radius 2 is 1.95 bits per heavy atom. The summed E-state index contributed by atoms with van der Waals surface area (Å²) in [5.74, 6) is -0.974. The van der Waals surface area contributed by atoms with Gasteiger partial charge in [0.25, 0.3) is 0 Å². The first-order valence-electron chi connectivity index (χ1n) is 6.77. The van der Waals surface area contributed by atoms with E-state index in [9.17, 15) is 17.6 Å². The molecule has 0 aliphatic heterocycles. The van der Waals surface area contributed by atoms with Gasteiger partial charge in [-0.2, -0.15) is 0 Å². The van der Waals surface area contributed by atoms with E-state index >= 15 is 0 Å². The summed E-state index contributed by atoms with van der Waals surface area (Å²) in [7, 11) is -2.03. The number of hydrogen-bond donors (Lipinski definition) is 0. The molecule has 0 aliphatic carbocycles. The number of nitrogens with zero attached hydrogens (tertiary/aromatic N) is 1. The molecule has 1 aromatic carbocycles. The Balaban J connectivity index is 2.35. The molecule has 6 nitrogen and oxygen atoms in total. The lowest BCUT2D eigenvalue weighted by Crippen LogP contribution is -2.33. The Kier molecular flexibility index (Phi) is 7.26. The summed E-state index contributed by atoms with van der Waals surface area (Å²) in [5, 5.41) is 0. The average molecular weight is 333 g/mol. The highest BCUT2D eigenvalue weighted by Crippen LogP contribution is 2.15. The van der Waals surface area contributed by atoms with Crippen molar-refractivity contribution in [3.05, 3.63) is 30.1 Å². The summed E-state index contributed by atoms with van der Waals surface area (Å²) in [4.78, 5) is 10.6. The fourth-order valence-electron chi connectivity index (χ4n) is 1.60. The summed E-state index contributed by atoms with van der Waals surface area (Å²) in [6.07, 6.45) is 0.223. The van der Waals surface area contributed by atoms with Gasteiger partial charge in [-0.3, -0.25) is 4.79 Å². The van der Waals surface area contributed by atoms with Crippen molar-refractivity contribution in [1.29, 1.82) is 0 Å². The first-order valence-corrected chi connectivity index (χ1v) is 8.38. The van der Waals surface area contributed by atoms with Gasteiger partial charge in [0, 0.05) is 20.5 Å².